The zero-order valence-electron chi connectivity index (χ0n) is 15.4. The first-order valence-electron chi connectivity index (χ1n) is 9.18. The van der Waals surface area contributed by atoms with Gasteiger partial charge in [-0.1, -0.05) is 13.0 Å². The molecule has 0 saturated carbocycles. The highest BCUT2D eigenvalue weighted by Gasteiger charge is 2.31. The maximum absolute atomic E-state index is 12.4. The first-order valence-corrected chi connectivity index (χ1v) is 9.18. The molecule has 1 saturated heterocycles. The maximum atomic E-state index is 12.4. The van der Waals surface area contributed by atoms with E-state index in [0.29, 0.717) is 6.04 Å². The second-order valence-corrected chi connectivity index (χ2v) is 6.95. The first kappa shape index (κ1) is 18.1. The van der Waals surface area contributed by atoms with Crippen LogP contribution in [0, 0.1) is 0 Å². The highest BCUT2D eigenvalue weighted by Crippen LogP contribution is 2.19. The number of benzene rings is 1. The van der Waals surface area contributed by atoms with Crippen LogP contribution in [-0.2, 0) is 13.0 Å². The summed E-state index contributed by atoms with van der Waals surface area (Å²) in [5.74, 6) is 0. The maximum Gasteiger partial charge on any atom is 0.321 e. The molecule has 3 rings (SSSR count). The van der Waals surface area contributed by atoms with Gasteiger partial charge in [0.25, 0.3) is 0 Å². The van der Waals surface area contributed by atoms with Crippen LogP contribution in [0.15, 0.2) is 18.2 Å². The van der Waals surface area contributed by atoms with Gasteiger partial charge >= 0.3 is 6.03 Å². The van der Waals surface area contributed by atoms with Crippen molar-refractivity contribution < 1.29 is 4.79 Å². The van der Waals surface area contributed by atoms with E-state index in [-0.39, 0.29) is 18.5 Å². The molecule has 5 N–H and O–H groups in total. The third-order valence-corrected chi connectivity index (χ3v) is 4.98. The molecule has 1 aromatic carbocycles. The predicted octanol–water partition coefficient (Wildman–Crippen LogP) is 0.987. The first-order chi connectivity index (χ1) is 12.1. The number of carbonyl (C=O) groups is 1. The van der Waals surface area contributed by atoms with E-state index in [9.17, 15) is 4.79 Å². The molecule has 0 spiro atoms. The Labute approximate surface area is 149 Å². The molecule has 2 amide bonds. The number of amides is 2. The van der Waals surface area contributed by atoms with Gasteiger partial charge in [0.1, 0.15) is 6.29 Å². The Bertz CT molecular complexity index is 607. The van der Waals surface area contributed by atoms with E-state index < -0.39 is 0 Å². The van der Waals surface area contributed by atoms with Crippen molar-refractivity contribution in [3.8, 4) is 0 Å². The molecular formula is C18H30N6O. The van der Waals surface area contributed by atoms with E-state index >= 15 is 0 Å². The van der Waals surface area contributed by atoms with Crippen molar-refractivity contribution in [1.82, 2.24) is 26.2 Å². The number of rotatable bonds is 4. The summed E-state index contributed by atoms with van der Waals surface area (Å²) >= 11 is 0. The fourth-order valence-corrected chi connectivity index (χ4v) is 3.59. The lowest BCUT2D eigenvalue weighted by molar-refractivity contribution is 0.0457. The van der Waals surface area contributed by atoms with Crippen molar-refractivity contribution >= 4 is 11.7 Å². The van der Waals surface area contributed by atoms with Gasteiger partial charge in [-0.25, -0.2) is 4.79 Å². The van der Waals surface area contributed by atoms with Gasteiger partial charge in [-0.2, -0.15) is 0 Å². The normalized spacial score (nSPS) is 26.8. The van der Waals surface area contributed by atoms with Crippen LogP contribution < -0.4 is 26.6 Å². The third kappa shape index (κ3) is 4.49. The fourth-order valence-electron chi connectivity index (χ4n) is 3.59. The average Bonchev–Trinajstić information content (AvgIpc) is 2.59. The smallest absolute Gasteiger partial charge is 0.312 e. The topological polar surface area (TPSA) is 80.5 Å². The molecule has 138 valence electrons. The minimum absolute atomic E-state index is 0.192. The Balaban J connectivity index is 1.60. The Morgan fingerprint density at radius 1 is 1.36 bits per heavy atom. The van der Waals surface area contributed by atoms with E-state index in [1.165, 1.54) is 11.1 Å². The van der Waals surface area contributed by atoms with E-state index in [1.54, 1.807) is 0 Å². The number of hydrogen-bond acceptors (Lipinski definition) is 5. The minimum Gasteiger partial charge on any atom is -0.312 e. The molecule has 0 radical (unpaired) electrons. The Kier molecular flexibility index (Phi) is 5.90. The molecule has 0 aromatic heterocycles. The van der Waals surface area contributed by atoms with Crippen LogP contribution in [0.1, 0.15) is 31.4 Å². The molecule has 2 aliphatic rings. The Morgan fingerprint density at radius 3 is 3.00 bits per heavy atom. The van der Waals surface area contributed by atoms with Crippen molar-refractivity contribution in [2.45, 2.75) is 51.7 Å². The van der Waals surface area contributed by atoms with Crippen molar-refractivity contribution in [3.05, 3.63) is 29.3 Å². The van der Waals surface area contributed by atoms with Crippen LogP contribution in [0.3, 0.4) is 0 Å². The second-order valence-electron chi connectivity index (χ2n) is 6.95. The number of nitrogens with zero attached hydrogens (tertiary/aromatic N) is 1. The summed E-state index contributed by atoms with van der Waals surface area (Å²) < 4.78 is 0. The van der Waals surface area contributed by atoms with Gasteiger partial charge in [-0.15, -0.1) is 0 Å². The fraction of sp³-hybridized carbons (Fsp3) is 0.611. The van der Waals surface area contributed by atoms with Crippen LogP contribution in [0.25, 0.3) is 0 Å². The zero-order chi connectivity index (χ0) is 17.8. The number of nitrogens with one attached hydrogen (secondary N) is 5. The number of carbonyl (C=O) groups excluding carboxylic acids is 1. The number of urea groups is 1. The molecule has 0 aliphatic carbocycles. The highest BCUT2D eigenvalue weighted by molar-refractivity contribution is 5.89. The summed E-state index contributed by atoms with van der Waals surface area (Å²) in [5, 5.41) is 16.2. The van der Waals surface area contributed by atoms with Gasteiger partial charge in [-0.3, -0.25) is 10.2 Å². The molecule has 25 heavy (non-hydrogen) atoms. The Hall–Kier alpha value is -1.67. The Morgan fingerprint density at radius 2 is 2.20 bits per heavy atom. The van der Waals surface area contributed by atoms with Crippen LogP contribution >= 0.6 is 0 Å². The average molecular weight is 346 g/mol. The molecule has 7 nitrogen and oxygen atoms in total. The molecule has 2 aliphatic heterocycles. The van der Waals surface area contributed by atoms with Gasteiger partial charge in [-0.05, 0) is 63.2 Å². The molecule has 3 unspecified atom stereocenters. The molecule has 2 heterocycles. The molecule has 1 aromatic rings. The number of anilines is 1. The van der Waals surface area contributed by atoms with Gasteiger partial charge in [0.05, 0.1) is 6.17 Å². The van der Waals surface area contributed by atoms with E-state index in [4.69, 9.17) is 0 Å². The number of hydrogen-bond donors (Lipinski definition) is 5. The third-order valence-electron chi connectivity index (χ3n) is 4.98. The summed E-state index contributed by atoms with van der Waals surface area (Å²) in [6, 6.07) is 6.28. The lowest BCUT2D eigenvalue weighted by atomic mass is 10.0. The molecule has 1 fully saturated rings. The summed E-state index contributed by atoms with van der Waals surface area (Å²) in [5.41, 5.74) is 3.46. The highest BCUT2D eigenvalue weighted by atomic mass is 16.2. The standard InChI is InChI=1S/C18H30N6O/c1-4-20-16-9-12(2)21-17(24(16)3)23-18(25)22-15-6-5-14-11-19-8-7-13(14)10-15/h5-6,10,12,16-17,19-21H,4,7-9,11H2,1-3H3,(H2,22,23,25). The van der Waals surface area contributed by atoms with Crippen molar-refractivity contribution in [2.75, 3.05) is 25.5 Å². The van der Waals surface area contributed by atoms with E-state index in [1.807, 2.05) is 13.1 Å². The monoisotopic (exact) mass is 346 g/mol. The minimum atomic E-state index is -0.199. The molecule has 0 bridgehead atoms. The largest absolute Gasteiger partial charge is 0.321 e. The molecule has 3 atom stereocenters. The lowest BCUT2D eigenvalue weighted by Gasteiger charge is -2.43. The quantitative estimate of drug-likeness (QED) is 0.562. The van der Waals surface area contributed by atoms with Crippen LogP contribution in [0.4, 0.5) is 10.5 Å². The summed E-state index contributed by atoms with van der Waals surface area (Å²) in [4.78, 5) is 14.6. The number of fused-ring (bicyclic) bond motifs is 1. The van der Waals surface area contributed by atoms with E-state index in [0.717, 1.165) is 38.2 Å². The predicted molar refractivity (Wildman–Crippen MR) is 100 cm³/mol. The van der Waals surface area contributed by atoms with Crippen LogP contribution in [0.2, 0.25) is 0 Å². The van der Waals surface area contributed by atoms with E-state index in [2.05, 4.69) is 57.5 Å². The van der Waals surface area contributed by atoms with Crippen LogP contribution in [-0.4, -0.2) is 49.6 Å². The van der Waals surface area contributed by atoms with Crippen molar-refractivity contribution in [2.24, 2.45) is 0 Å². The van der Waals surface area contributed by atoms with Gasteiger partial charge in [0.2, 0.25) is 0 Å². The zero-order valence-corrected chi connectivity index (χ0v) is 15.4. The second kappa shape index (κ2) is 8.14. The summed E-state index contributed by atoms with van der Waals surface area (Å²) in [6.45, 7) is 7.04. The SMILES string of the molecule is CCNC1CC(C)NC(NC(=O)Nc2ccc3c(c2)CCNC3)N1C. The van der Waals surface area contributed by atoms with Gasteiger partial charge < -0.3 is 21.3 Å². The van der Waals surface area contributed by atoms with Gasteiger partial charge in [0, 0.05) is 18.3 Å². The van der Waals surface area contributed by atoms with Gasteiger partial charge in [0.15, 0.2) is 0 Å². The molecule has 7 heteroatoms. The molecular weight excluding hydrogens is 316 g/mol. The lowest BCUT2D eigenvalue weighted by Crippen LogP contribution is -2.67. The van der Waals surface area contributed by atoms with Crippen molar-refractivity contribution in [3.63, 3.8) is 0 Å². The van der Waals surface area contributed by atoms with Crippen LogP contribution in [0.5, 0.6) is 0 Å². The summed E-state index contributed by atoms with van der Waals surface area (Å²) in [7, 11) is 2.02. The van der Waals surface area contributed by atoms with Crippen molar-refractivity contribution in [1.29, 1.82) is 0 Å². The summed E-state index contributed by atoms with van der Waals surface area (Å²) in [6.07, 6.45) is 2.06.